The Bertz CT molecular complexity index is 524. The third-order valence-corrected chi connectivity index (χ3v) is 3.89. The number of aryl methyl sites for hydroxylation is 1. The highest BCUT2D eigenvalue weighted by Crippen LogP contribution is 2.17. The molecule has 1 atom stereocenters. The molecule has 2 amide bonds. The molecule has 1 aromatic heterocycles. The lowest BCUT2D eigenvalue weighted by atomic mass is 10.0. The summed E-state index contributed by atoms with van der Waals surface area (Å²) >= 11 is 0. The van der Waals surface area contributed by atoms with Crippen molar-refractivity contribution in [2.45, 2.75) is 45.6 Å². The van der Waals surface area contributed by atoms with Crippen molar-refractivity contribution >= 4 is 11.8 Å². The highest BCUT2D eigenvalue weighted by molar-refractivity contribution is 5.95. The summed E-state index contributed by atoms with van der Waals surface area (Å²) < 4.78 is 1.78. The lowest BCUT2D eigenvalue weighted by Gasteiger charge is -2.33. The molecule has 0 aromatic carbocycles. The molecule has 0 radical (unpaired) electrons. The van der Waals surface area contributed by atoms with Crippen LogP contribution >= 0.6 is 0 Å². The molecule has 1 aromatic rings. The van der Waals surface area contributed by atoms with Gasteiger partial charge in [0.25, 0.3) is 5.91 Å². The quantitative estimate of drug-likeness (QED) is 0.904. The summed E-state index contributed by atoms with van der Waals surface area (Å²) in [5, 5.41) is 7.13. The first-order chi connectivity index (χ1) is 10.0. The van der Waals surface area contributed by atoms with Crippen LogP contribution in [-0.4, -0.2) is 45.6 Å². The van der Waals surface area contributed by atoms with E-state index >= 15 is 0 Å². The van der Waals surface area contributed by atoms with Crippen molar-refractivity contribution in [1.29, 1.82) is 0 Å². The molecule has 1 N–H and O–H groups in total. The van der Waals surface area contributed by atoms with Crippen molar-refractivity contribution in [2.75, 3.05) is 13.1 Å². The predicted octanol–water partition coefficient (Wildman–Crippen LogP) is 1.11. The van der Waals surface area contributed by atoms with E-state index in [2.05, 4.69) is 17.3 Å². The van der Waals surface area contributed by atoms with Crippen LogP contribution < -0.4 is 5.32 Å². The maximum Gasteiger partial charge on any atom is 0.257 e. The number of amides is 2. The summed E-state index contributed by atoms with van der Waals surface area (Å²) in [6.45, 7) is 4.93. The van der Waals surface area contributed by atoms with Crippen LogP contribution in [0.4, 0.5) is 0 Å². The second-order valence-electron chi connectivity index (χ2n) is 5.67. The molecule has 1 unspecified atom stereocenters. The normalized spacial score (nSPS) is 18.6. The zero-order chi connectivity index (χ0) is 15.4. The number of hydrogen-bond donors (Lipinski definition) is 1. The molecular formula is C15H24N4O2. The molecule has 1 aliphatic heterocycles. The smallest absolute Gasteiger partial charge is 0.257 e. The number of piperidine rings is 1. The lowest BCUT2D eigenvalue weighted by Crippen LogP contribution is -2.49. The van der Waals surface area contributed by atoms with Crippen LogP contribution in [0.25, 0.3) is 0 Å². The maximum absolute atomic E-state index is 12.7. The Morgan fingerprint density at radius 2 is 2.24 bits per heavy atom. The lowest BCUT2D eigenvalue weighted by molar-refractivity contribution is -0.120. The van der Waals surface area contributed by atoms with Gasteiger partial charge in [-0.3, -0.25) is 14.3 Å². The molecule has 1 aliphatic rings. The summed E-state index contributed by atoms with van der Waals surface area (Å²) in [5.74, 6) is -0.0102. The van der Waals surface area contributed by atoms with Crippen LogP contribution in [0.2, 0.25) is 0 Å². The van der Waals surface area contributed by atoms with Crippen LogP contribution in [0.5, 0.6) is 0 Å². The average molecular weight is 292 g/mol. The van der Waals surface area contributed by atoms with Gasteiger partial charge in [-0.2, -0.15) is 5.10 Å². The average Bonchev–Trinajstić information content (AvgIpc) is 2.80. The molecule has 2 heterocycles. The molecule has 6 heteroatoms. The Kier molecular flexibility index (Phi) is 4.98. The van der Waals surface area contributed by atoms with Crippen molar-refractivity contribution in [3.63, 3.8) is 0 Å². The van der Waals surface area contributed by atoms with Crippen molar-refractivity contribution in [1.82, 2.24) is 20.0 Å². The van der Waals surface area contributed by atoms with Gasteiger partial charge in [0.2, 0.25) is 5.91 Å². The maximum atomic E-state index is 12.7. The third kappa shape index (κ3) is 3.62. The fourth-order valence-corrected chi connectivity index (χ4v) is 2.91. The van der Waals surface area contributed by atoms with E-state index in [1.165, 1.54) is 6.92 Å². The van der Waals surface area contributed by atoms with Crippen LogP contribution in [-0.2, 0) is 18.3 Å². The molecule has 0 bridgehead atoms. The fourth-order valence-electron chi connectivity index (χ4n) is 2.91. The largest absolute Gasteiger partial charge is 0.352 e. The number of carbonyl (C=O) groups excluding carboxylic acids is 2. The minimum Gasteiger partial charge on any atom is -0.352 e. The van der Waals surface area contributed by atoms with Gasteiger partial charge >= 0.3 is 0 Å². The van der Waals surface area contributed by atoms with Gasteiger partial charge < -0.3 is 10.2 Å². The van der Waals surface area contributed by atoms with Crippen molar-refractivity contribution in [3.05, 3.63) is 17.5 Å². The number of likely N-dealkylation sites (tertiary alicyclic amines) is 1. The highest BCUT2D eigenvalue weighted by Gasteiger charge is 2.27. The Hall–Kier alpha value is -1.85. The third-order valence-electron chi connectivity index (χ3n) is 3.89. The fraction of sp³-hybridized carbons (Fsp3) is 0.667. The van der Waals surface area contributed by atoms with Crippen LogP contribution in [0.3, 0.4) is 0 Å². The van der Waals surface area contributed by atoms with E-state index in [1.807, 2.05) is 11.9 Å². The molecule has 0 spiro atoms. The summed E-state index contributed by atoms with van der Waals surface area (Å²) in [4.78, 5) is 25.7. The standard InChI is InChI=1S/C15H24N4O2/c1-4-6-14-13(9-16-18(14)3)15(21)19-8-5-7-12(10-19)17-11(2)20/h9,12H,4-8,10H2,1-3H3,(H,17,20). The Morgan fingerprint density at radius 3 is 2.90 bits per heavy atom. The number of aromatic nitrogens is 2. The predicted molar refractivity (Wildman–Crippen MR) is 79.9 cm³/mol. The number of carbonyl (C=O) groups is 2. The van der Waals surface area contributed by atoms with Gasteiger partial charge in [0.1, 0.15) is 0 Å². The SMILES string of the molecule is CCCc1c(C(=O)N2CCCC(NC(C)=O)C2)cnn1C. The summed E-state index contributed by atoms with van der Waals surface area (Å²) in [7, 11) is 1.87. The van der Waals surface area contributed by atoms with E-state index in [0.29, 0.717) is 12.1 Å². The Balaban J connectivity index is 2.10. The zero-order valence-electron chi connectivity index (χ0n) is 13.1. The van der Waals surface area contributed by atoms with E-state index in [0.717, 1.165) is 37.9 Å². The topological polar surface area (TPSA) is 67.2 Å². The molecule has 1 fully saturated rings. The number of hydrogen-bond acceptors (Lipinski definition) is 3. The minimum atomic E-state index is -0.0395. The van der Waals surface area contributed by atoms with Crippen molar-refractivity contribution < 1.29 is 9.59 Å². The molecule has 0 aliphatic carbocycles. The second-order valence-corrected chi connectivity index (χ2v) is 5.67. The van der Waals surface area contributed by atoms with Gasteiger partial charge in [0.15, 0.2) is 0 Å². The number of rotatable bonds is 4. The minimum absolute atomic E-state index is 0.0293. The van der Waals surface area contributed by atoms with Crippen LogP contribution in [0, 0.1) is 0 Å². The van der Waals surface area contributed by atoms with Gasteiger partial charge in [0, 0.05) is 33.1 Å². The molecule has 2 rings (SSSR count). The molecule has 6 nitrogen and oxygen atoms in total. The van der Waals surface area contributed by atoms with Gasteiger partial charge in [0.05, 0.1) is 17.5 Å². The Labute approximate surface area is 125 Å². The van der Waals surface area contributed by atoms with Crippen LogP contribution in [0.1, 0.15) is 49.2 Å². The summed E-state index contributed by atoms with van der Waals surface area (Å²) in [6.07, 6.45) is 5.34. The van der Waals surface area contributed by atoms with E-state index in [-0.39, 0.29) is 17.9 Å². The molecular weight excluding hydrogens is 268 g/mol. The van der Waals surface area contributed by atoms with Gasteiger partial charge in [-0.05, 0) is 19.3 Å². The van der Waals surface area contributed by atoms with Crippen LogP contribution in [0.15, 0.2) is 6.20 Å². The molecule has 1 saturated heterocycles. The van der Waals surface area contributed by atoms with E-state index in [4.69, 9.17) is 0 Å². The Morgan fingerprint density at radius 1 is 1.48 bits per heavy atom. The first kappa shape index (κ1) is 15.5. The number of nitrogens with zero attached hydrogens (tertiary/aromatic N) is 3. The van der Waals surface area contributed by atoms with Crippen molar-refractivity contribution in [3.8, 4) is 0 Å². The first-order valence-corrected chi connectivity index (χ1v) is 7.60. The summed E-state index contributed by atoms with van der Waals surface area (Å²) in [6, 6.07) is 0.0616. The van der Waals surface area contributed by atoms with Gasteiger partial charge in [-0.15, -0.1) is 0 Å². The van der Waals surface area contributed by atoms with E-state index in [9.17, 15) is 9.59 Å². The van der Waals surface area contributed by atoms with Gasteiger partial charge in [-0.1, -0.05) is 13.3 Å². The molecule has 21 heavy (non-hydrogen) atoms. The van der Waals surface area contributed by atoms with E-state index < -0.39 is 0 Å². The van der Waals surface area contributed by atoms with Crippen molar-refractivity contribution in [2.24, 2.45) is 7.05 Å². The highest BCUT2D eigenvalue weighted by atomic mass is 16.2. The molecule has 116 valence electrons. The second kappa shape index (κ2) is 6.74. The van der Waals surface area contributed by atoms with E-state index in [1.54, 1.807) is 10.9 Å². The summed E-state index contributed by atoms with van der Waals surface area (Å²) in [5.41, 5.74) is 1.69. The molecule has 0 saturated carbocycles. The van der Waals surface area contributed by atoms with Gasteiger partial charge in [-0.25, -0.2) is 0 Å². The monoisotopic (exact) mass is 292 g/mol. The first-order valence-electron chi connectivity index (χ1n) is 7.60. The zero-order valence-corrected chi connectivity index (χ0v) is 13.1. The number of nitrogens with one attached hydrogen (secondary N) is 1.